The van der Waals surface area contributed by atoms with Crippen LogP contribution >= 0.6 is 11.3 Å². The molecular weight excluding hydrogens is 226 g/mol. The Bertz CT molecular complexity index is 443. The molecule has 0 aliphatic heterocycles. The molecular formula is C6H9N3O3S2. The number of aromatic nitrogens is 1. The molecule has 0 atom stereocenters. The third-order valence-electron chi connectivity index (χ3n) is 1.38. The van der Waals surface area contributed by atoms with Crippen LogP contribution < -0.4 is 0 Å². The molecule has 0 aromatic carbocycles. The maximum absolute atomic E-state index is 11.1. The molecule has 0 saturated heterocycles. The standard InChI is InChI=1S/C6H9N3O3S2/c1-6(2,10)5-8-3-4(13-5)14(11,12)9-7/h3,7,10H,1-2H3. The first-order valence-corrected chi connectivity index (χ1v) is 5.85. The Morgan fingerprint density at radius 3 is 2.57 bits per heavy atom. The van der Waals surface area contributed by atoms with E-state index in [2.05, 4.69) is 9.50 Å². The summed E-state index contributed by atoms with van der Waals surface area (Å²) >= 11 is 0.809. The van der Waals surface area contributed by atoms with Gasteiger partial charge in [-0.05, 0) is 13.8 Å². The van der Waals surface area contributed by atoms with Crippen LogP contribution in [-0.2, 0) is 15.6 Å². The molecule has 0 saturated carbocycles. The van der Waals surface area contributed by atoms with Gasteiger partial charge in [-0.25, -0.2) is 4.98 Å². The topological polar surface area (TPSA) is 103 Å². The van der Waals surface area contributed by atoms with Crippen molar-refractivity contribution >= 4 is 21.4 Å². The first kappa shape index (κ1) is 11.2. The summed E-state index contributed by atoms with van der Waals surface area (Å²) in [6, 6.07) is 0. The summed E-state index contributed by atoms with van der Waals surface area (Å²) in [6.07, 6.45) is 1.09. The van der Waals surface area contributed by atoms with E-state index < -0.39 is 15.6 Å². The van der Waals surface area contributed by atoms with E-state index in [1.807, 2.05) is 0 Å². The molecule has 0 bridgehead atoms. The van der Waals surface area contributed by atoms with E-state index in [1.54, 1.807) is 0 Å². The summed E-state index contributed by atoms with van der Waals surface area (Å²) in [7, 11) is -3.90. The van der Waals surface area contributed by atoms with Gasteiger partial charge in [-0.2, -0.15) is 13.9 Å². The predicted molar refractivity (Wildman–Crippen MR) is 49.7 cm³/mol. The summed E-state index contributed by atoms with van der Waals surface area (Å²) in [5.74, 6) is 0. The van der Waals surface area contributed by atoms with Crippen LogP contribution in [0.2, 0.25) is 0 Å². The van der Waals surface area contributed by atoms with Crippen LogP contribution in [0.1, 0.15) is 18.9 Å². The van der Waals surface area contributed by atoms with Gasteiger partial charge < -0.3 is 5.11 Å². The number of nitrogens with zero attached hydrogens (tertiary/aromatic N) is 2. The van der Waals surface area contributed by atoms with Crippen molar-refractivity contribution in [1.82, 2.24) is 4.98 Å². The average Bonchev–Trinajstić information content (AvgIpc) is 2.51. The Kier molecular flexibility index (Phi) is 2.70. The van der Waals surface area contributed by atoms with Crippen molar-refractivity contribution in [3.05, 3.63) is 11.2 Å². The zero-order chi connectivity index (χ0) is 11.0. The number of hydrogen-bond acceptors (Lipinski definition) is 6. The molecule has 0 fully saturated rings. The fourth-order valence-corrected chi connectivity index (χ4v) is 2.40. The van der Waals surface area contributed by atoms with Crippen LogP contribution in [-0.4, -0.2) is 18.5 Å². The van der Waals surface area contributed by atoms with E-state index in [9.17, 15) is 13.5 Å². The van der Waals surface area contributed by atoms with E-state index in [-0.39, 0.29) is 9.22 Å². The van der Waals surface area contributed by atoms with Crippen molar-refractivity contribution < 1.29 is 13.5 Å². The minimum atomic E-state index is -3.90. The van der Waals surface area contributed by atoms with Gasteiger partial charge in [0, 0.05) is 0 Å². The van der Waals surface area contributed by atoms with Crippen molar-refractivity contribution in [2.45, 2.75) is 23.7 Å². The maximum atomic E-state index is 11.1. The third-order valence-corrected chi connectivity index (χ3v) is 4.22. The number of sulfonamides is 1. The van der Waals surface area contributed by atoms with Crippen molar-refractivity contribution in [2.24, 2.45) is 4.52 Å². The molecule has 6 nitrogen and oxygen atoms in total. The largest absolute Gasteiger partial charge is 0.383 e. The molecule has 2 N–H and O–H groups in total. The zero-order valence-corrected chi connectivity index (χ0v) is 9.18. The van der Waals surface area contributed by atoms with Gasteiger partial charge in [-0.1, -0.05) is 4.52 Å². The molecule has 1 rings (SSSR count). The summed E-state index contributed by atoms with van der Waals surface area (Å²) in [5, 5.41) is 9.79. The van der Waals surface area contributed by atoms with Gasteiger partial charge in [0.25, 0.3) is 0 Å². The van der Waals surface area contributed by atoms with Gasteiger partial charge in [-0.3, -0.25) is 0 Å². The van der Waals surface area contributed by atoms with Gasteiger partial charge in [0.1, 0.15) is 10.6 Å². The Morgan fingerprint density at radius 1 is 1.64 bits per heavy atom. The van der Waals surface area contributed by atoms with E-state index in [0.29, 0.717) is 0 Å². The van der Waals surface area contributed by atoms with E-state index in [0.717, 1.165) is 17.5 Å². The van der Waals surface area contributed by atoms with Crippen molar-refractivity contribution in [2.75, 3.05) is 0 Å². The molecule has 14 heavy (non-hydrogen) atoms. The highest BCUT2D eigenvalue weighted by atomic mass is 32.2. The van der Waals surface area contributed by atoms with Crippen LogP contribution in [0.3, 0.4) is 0 Å². The van der Waals surface area contributed by atoms with Gasteiger partial charge in [0.15, 0.2) is 4.21 Å². The summed E-state index contributed by atoms with van der Waals surface area (Å²) in [5.41, 5.74) is 5.28. The zero-order valence-electron chi connectivity index (χ0n) is 7.55. The normalized spacial score (nSPS) is 12.8. The Morgan fingerprint density at radius 2 is 2.21 bits per heavy atom. The number of hydrogen-bond donors (Lipinski definition) is 2. The lowest BCUT2D eigenvalue weighted by Crippen LogP contribution is -2.14. The summed E-state index contributed by atoms with van der Waals surface area (Å²) in [6.45, 7) is 3.00. The van der Waals surface area contributed by atoms with Gasteiger partial charge in [-0.15, -0.1) is 11.3 Å². The van der Waals surface area contributed by atoms with Gasteiger partial charge in [0.2, 0.25) is 0 Å². The second-order valence-corrected chi connectivity index (χ2v) is 5.97. The minimum absolute atomic E-state index is 0.135. The highest BCUT2D eigenvalue weighted by molar-refractivity contribution is 7.92. The molecule has 1 aromatic rings. The van der Waals surface area contributed by atoms with Crippen molar-refractivity contribution in [3.8, 4) is 0 Å². The van der Waals surface area contributed by atoms with Crippen LogP contribution in [0.5, 0.6) is 0 Å². The molecule has 1 heterocycles. The SMILES string of the molecule is CC(C)(O)c1ncc(S(=O)(=O)N=N)s1. The highest BCUT2D eigenvalue weighted by Gasteiger charge is 2.24. The molecule has 1 aromatic heterocycles. The molecule has 0 spiro atoms. The summed E-state index contributed by atoms with van der Waals surface area (Å²) in [4.78, 5) is 3.75. The Balaban J connectivity index is 3.19. The molecule has 0 amide bonds. The van der Waals surface area contributed by atoms with Crippen molar-refractivity contribution in [1.29, 1.82) is 5.53 Å². The average molecular weight is 235 g/mol. The number of rotatable bonds is 3. The molecule has 0 unspecified atom stereocenters. The first-order chi connectivity index (χ1) is 6.27. The van der Waals surface area contributed by atoms with Gasteiger partial charge in [0.05, 0.1) is 6.20 Å². The van der Waals surface area contributed by atoms with Crippen LogP contribution in [0.4, 0.5) is 0 Å². The minimum Gasteiger partial charge on any atom is -0.383 e. The smallest absolute Gasteiger partial charge is 0.310 e. The highest BCUT2D eigenvalue weighted by Crippen LogP contribution is 2.28. The fourth-order valence-electron chi connectivity index (χ4n) is 0.706. The van der Waals surface area contributed by atoms with Crippen LogP contribution in [0, 0.1) is 5.53 Å². The molecule has 0 radical (unpaired) electrons. The molecule has 78 valence electrons. The number of thiazole rings is 1. The molecule has 0 aliphatic carbocycles. The van der Waals surface area contributed by atoms with Crippen LogP contribution in [0.25, 0.3) is 0 Å². The molecule has 0 aliphatic rings. The van der Waals surface area contributed by atoms with E-state index in [4.69, 9.17) is 5.53 Å². The maximum Gasteiger partial charge on any atom is 0.310 e. The monoisotopic (exact) mass is 235 g/mol. The fraction of sp³-hybridized carbons (Fsp3) is 0.500. The molecule has 8 heteroatoms. The lowest BCUT2D eigenvalue weighted by molar-refractivity contribution is 0.0783. The predicted octanol–water partition coefficient (Wildman–Crippen LogP) is 1.09. The first-order valence-electron chi connectivity index (χ1n) is 3.60. The van der Waals surface area contributed by atoms with Gasteiger partial charge >= 0.3 is 10.0 Å². The van der Waals surface area contributed by atoms with Crippen molar-refractivity contribution in [3.63, 3.8) is 0 Å². The summed E-state index contributed by atoms with van der Waals surface area (Å²) < 4.78 is 24.5. The Hall–Kier alpha value is -0.860. The number of nitrogens with one attached hydrogen (secondary N) is 1. The third kappa shape index (κ3) is 2.14. The Labute approximate surface area is 85.2 Å². The second-order valence-electron chi connectivity index (χ2n) is 3.11. The van der Waals surface area contributed by atoms with Crippen LogP contribution in [0.15, 0.2) is 14.9 Å². The second kappa shape index (κ2) is 3.37. The lowest BCUT2D eigenvalue weighted by Gasteiger charge is -2.11. The van der Waals surface area contributed by atoms with E-state index in [1.165, 1.54) is 13.8 Å². The number of aliphatic hydroxyl groups is 1. The quantitative estimate of drug-likeness (QED) is 0.765. The lowest BCUT2D eigenvalue weighted by atomic mass is 10.2. The van der Waals surface area contributed by atoms with E-state index >= 15 is 0 Å².